The molecule has 0 aromatic rings. The van der Waals surface area contributed by atoms with E-state index in [0.717, 1.165) is 12.8 Å². The van der Waals surface area contributed by atoms with Gasteiger partial charge >= 0.3 is 24.5 Å². The molecule has 1 nitrogen and oxygen atoms in total. The van der Waals surface area contributed by atoms with Gasteiger partial charge in [0.1, 0.15) is 0 Å². The van der Waals surface area contributed by atoms with Gasteiger partial charge in [0.2, 0.25) is 0 Å². The minimum Gasteiger partial charge on any atom is -0.491 e. The Kier molecular flexibility index (Phi) is 8.68. The van der Waals surface area contributed by atoms with Gasteiger partial charge in [0.05, 0.1) is 6.61 Å². The van der Waals surface area contributed by atoms with E-state index in [1.807, 2.05) is 6.92 Å². The monoisotopic (exact) mass is 410 g/mol. The van der Waals surface area contributed by atoms with Gasteiger partial charge in [-0.15, -0.1) is 0 Å². The molecular weight excluding hydrogens is 393 g/mol. The van der Waals surface area contributed by atoms with Gasteiger partial charge in [0, 0.05) is 0 Å². The van der Waals surface area contributed by atoms with E-state index in [2.05, 4.69) is 4.74 Å². The van der Waals surface area contributed by atoms with Crippen LogP contribution in [0.1, 0.15) is 45.4 Å². The molecule has 0 atom stereocenters. The first-order chi connectivity index (χ1) is 11.6. The molecule has 0 unspecified atom stereocenters. The predicted molar refractivity (Wildman–Crippen MR) is 69.5 cm³/mol. The van der Waals surface area contributed by atoms with Crippen LogP contribution in [0.3, 0.4) is 0 Å². The average Bonchev–Trinajstić information content (AvgIpc) is 2.40. The third-order valence-electron chi connectivity index (χ3n) is 3.18. The van der Waals surface area contributed by atoms with Crippen LogP contribution in [0.2, 0.25) is 0 Å². The standard InChI is InChI=1S/C14H17F11O/c1-2-3-4-5-6-7-8-26-10(11(15,16)14(23,24)25)9(12(17,18)19)13(20,21)22/h2-8H2,1H3. The molecule has 0 saturated carbocycles. The normalized spacial score (nSPS) is 13.7. The Bertz CT molecular complexity index is 441. The molecule has 0 saturated heterocycles. The summed E-state index contributed by atoms with van der Waals surface area (Å²) in [7, 11) is 0. The third-order valence-corrected chi connectivity index (χ3v) is 3.18. The largest absolute Gasteiger partial charge is 0.491 e. The van der Waals surface area contributed by atoms with E-state index in [1.54, 1.807) is 0 Å². The number of allylic oxidation sites excluding steroid dienone is 2. The molecule has 0 aliphatic rings. The summed E-state index contributed by atoms with van der Waals surface area (Å²) in [6, 6.07) is 0. The predicted octanol–water partition coefficient (Wildman–Crippen LogP) is 6.94. The summed E-state index contributed by atoms with van der Waals surface area (Å²) in [5.74, 6) is -9.92. The van der Waals surface area contributed by atoms with Crippen molar-refractivity contribution in [3.63, 3.8) is 0 Å². The summed E-state index contributed by atoms with van der Waals surface area (Å²) in [5.41, 5.74) is -4.00. The average molecular weight is 410 g/mol. The Morgan fingerprint density at radius 1 is 0.654 bits per heavy atom. The number of alkyl halides is 11. The van der Waals surface area contributed by atoms with Crippen LogP contribution < -0.4 is 0 Å². The summed E-state index contributed by atoms with van der Waals surface area (Å²) in [4.78, 5) is 0. The van der Waals surface area contributed by atoms with Gasteiger partial charge in [0.15, 0.2) is 11.3 Å². The third kappa shape index (κ3) is 7.18. The van der Waals surface area contributed by atoms with Crippen molar-refractivity contribution in [1.29, 1.82) is 0 Å². The molecule has 12 heteroatoms. The van der Waals surface area contributed by atoms with Crippen LogP contribution >= 0.6 is 0 Å². The fourth-order valence-corrected chi connectivity index (χ4v) is 1.92. The van der Waals surface area contributed by atoms with Crippen LogP contribution in [0, 0.1) is 0 Å². The van der Waals surface area contributed by atoms with Crippen LogP contribution in [0.5, 0.6) is 0 Å². The Morgan fingerprint density at radius 3 is 1.46 bits per heavy atom. The van der Waals surface area contributed by atoms with Crippen LogP contribution in [-0.4, -0.2) is 31.1 Å². The minimum atomic E-state index is -6.69. The fourth-order valence-electron chi connectivity index (χ4n) is 1.92. The SMILES string of the molecule is CCCCCCCCOC(=C(C(F)(F)F)C(F)(F)F)C(F)(F)C(F)(F)F. The van der Waals surface area contributed by atoms with Crippen molar-refractivity contribution in [3.8, 4) is 0 Å². The number of unbranched alkanes of at least 4 members (excludes halogenated alkanes) is 5. The molecule has 26 heavy (non-hydrogen) atoms. The van der Waals surface area contributed by atoms with Crippen molar-refractivity contribution in [1.82, 2.24) is 0 Å². The van der Waals surface area contributed by atoms with E-state index >= 15 is 0 Å². The van der Waals surface area contributed by atoms with Crippen LogP contribution in [0.15, 0.2) is 11.3 Å². The maximum atomic E-state index is 13.3. The fraction of sp³-hybridized carbons (Fsp3) is 0.857. The van der Waals surface area contributed by atoms with Crippen molar-refractivity contribution in [2.24, 2.45) is 0 Å². The molecule has 0 aliphatic carbocycles. The molecule has 0 aromatic carbocycles. The van der Waals surface area contributed by atoms with Crippen LogP contribution in [-0.2, 0) is 4.74 Å². The van der Waals surface area contributed by atoms with Crippen molar-refractivity contribution in [3.05, 3.63) is 11.3 Å². The quantitative estimate of drug-likeness (QED) is 0.227. The summed E-state index contributed by atoms with van der Waals surface area (Å²) in [6.07, 6.45) is -17.0. The summed E-state index contributed by atoms with van der Waals surface area (Å²) in [6.45, 7) is 0.734. The van der Waals surface area contributed by atoms with Gasteiger partial charge in [-0.3, -0.25) is 0 Å². The summed E-state index contributed by atoms with van der Waals surface area (Å²) in [5, 5.41) is 0. The van der Waals surface area contributed by atoms with E-state index in [-0.39, 0.29) is 12.8 Å². The van der Waals surface area contributed by atoms with E-state index in [4.69, 9.17) is 0 Å². The smallest absolute Gasteiger partial charge is 0.461 e. The molecule has 0 rings (SSSR count). The number of ether oxygens (including phenoxy) is 1. The summed E-state index contributed by atoms with van der Waals surface area (Å²) < 4.78 is 143. The molecule has 0 bridgehead atoms. The second kappa shape index (κ2) is 9.12. The van der Waals surface area contributed by atoms with Crippen molar-refractivity contribution in [2.75, 3.05) is 6.61 Å². The number of rotatable bonds is 9. The highest BCUT2D eigenvalue weighted by atomic mass is 19.4. The molecule has 0 spiro atoms. The van der Waals surface area contributed by atoms with Gasteiger partial charge in [0.25, 0.3) is 0 Å². The van der Waals surface area contributed by atoms with E-state index < -0.39 is 42.4 Å². The lowest BCUT2D eigenvalue weighted by molar-refractivity contribution is -0.282. The molecule has 156 valence electrons. The van der Waals surface area contributed by atoms with E-state index in [9.17, 15) is 48.3 Å². The van der Waals surface area contributed by atoms with Crippen molar-refractivity contribution < 1.29 is 53.0 Å². The lowest BCUT2D eigenvalue weighted by atomic mass is 10.1. The van der Waals surface area contributed by atoms with Gasteiger partial charge in [-0.25, -0.2) is 0 Å². The van der Waals surface area contributed by atoms with Crippen molar-refractivity contribution in [2.45, 2.75) is 69.9 Å². The molecule has 0 amide bonds. The second-order valence-corrected chi connectivity index (χ2v) is 5.39. The first kappa shape index (κ1) is 24.8. The van der Waals surface area contributed by atoms with Crippen molar-refractivity contribution >= 4 is 0 Å². The number of hydrogen-bond donors (Lipinski definition) is 0. The Balaban J connectivity index is 5.62. The zero-order valence-corrected chi connectivity index (χ0v) is 13.5. The van der Waals surface area contributed by atoms with E-state index in [0.29, 0.717) is 12.8 Å². The Labute approximate surface area is 142 Å². The number of hydrogen-bond acceptors (Lipinski definition) is 1. The maximum absolute atomic E-state index is 13.3. The highest BCUT2D eigenvalue weighted by Gasteiger charge is 2.67. The van der Waals surface area contributed by atoms with Crippen LogP contribution in [0.4, 0.5) is 48.3 Å². The highest BCUT2D eigenvalue weighted by molar-refractivity contribution is 5.26. The Hall–Kier alpha value is -1.23. The van der Waals surface area contributed by atoms with Gasteiger partial charge in [-0.1, -0.05) is 39.0 Å². The maximum Gasteiger partial charge on any atom is 0.461 e. The first-order valence-electron chi connectivity index (χ1n) is 7.53. The highest BCUT2D eigenvalue weighted by Crippen LogP contribution is 2.49. The minimum absolute atomic E-state index is 0.193. The molecule has 0 aromatic heterocycles. The second-order valence-electron chi connectivity index (χ2n) is 5.39. The van der Waals surface area contributed by atoms with E-state index in [1.165, 1.54) is 0 Å². The zero-order valence-electron chi connectivity index (χ0n) is 13.5. The zero-order chi connectivity index (χ0) is 20.8. The van der Waals surface area contributed by atoms with Gasteiger partial charge < -0.3 is 4.74 Å². The molecule has 0 heterocycles. The molecular formula is C14H17F11O. The molecule has 0 N–H and O–H groups in total. The molecule has 0 aliphatic heterocycles. The molecule has 0 fully saturated rings. The summed E-state index contributed by atoms with van der Waals surface area (Å²) >= 11 is 0. The lowest BCUT2D eigenvalue weighted by Crippen LogP contribution is -2.43. The first-order valence-corrected chi connectivity index (χ1v) is 7.53. The van der Waals surface area contributed by atoms with Crippen LogP contribution in [0.25, 0.3) is 0 Å². The topological polar surface area (TPSA) is 9.23 Å². The Morgan fingerprint density at radius 2 is 1.08 bits per heavy atom. The number of halogens is 11. The van der Waals surface area contributed by atoms with Gasteiger partial charge in [-0.2, -0.15) is 48.3 Å². The molecule has 0 radical (unpaired) electrons. The van der Waals surface area contributed by atoms with Gasteiger partial charge in [-0.05, 0) is 6.42 Å². The lowest BCUT2D eigenvalue weighted by Gasteiger charge is -2.27.